The number of hydrogen-bond donors (Lipinski definition) is 0. The second-order valence-electron chi connectivity index (χ2n) is 8.76. The van der Waals surface area contributed by atoms with E-state index in [-0.39, 0.29) is 5.91 Å². The van der Waals surface area contributed by atoms with E-state index in [2.05, 4.69) is 27.7 Å². The molecule has 6 nitrogen and oxygen atoms in total. The van der Waals surface area contributed by atoms with Gasteiger partial charge in [-0.2, -0.15) is 5.26 Å². The standard InChI is InChI=1S/C28H27N5O/c1-21-30-26-18-24(12-13-27(26)33(21)25-6-3-2-4-7-25)28(34)32-15-5-14-31(16-17-32)20-23-10-8-22(19-29)9-11-23/h2-4,6-13,18H,5,14-17,20H2,1H3. The first-order valence-corrected chi connectivity index (χ1v) is 11.7. The van der Waals surface area contributed by atoms with Crippen LogP contribution in [-0.2, 0) is 6.54 Å². The van der Waals surface area contributed by atoms with Gasteiger partial charge in [0, 0.05) is 44.0 Å². The fourth-order valence-electron chi connectivity index (χ4n) is 4.69. The highest BCUT2D eigenvalue weighted by Crippen LogP contribution is 2.23. The maximum absolute atomic E-state index is 13.3. The molecule has 0 aliphatic carbocycles. The lowest BCUT2D eigenvalue weighted by atomic mass is 10.1. The third kappa shape index (κ3) is 4.43. The molecule has 5 rings (SSSR count). The molecule has 170 valence electrons. The fourth-order valence-corrected chi connectivity index (χ4v) is 4.69. The molecule has 0 spiro atoms. The zero-order valence-corrected chi connectivity index (χ0v) is 19.3. The molecular formula is C28H27N5O. The molecule has 0 saturated carbocycles. The van der Waals surface area contributed by atoms with Crippen LogP contribution in [0.5, 0.6) is 0 Å². The van der Waals surface area contributed by atoms with E-state index in [1.54, 1.807) is 0 Å². The van der Waals surface area contributed by atoms with Gasteiger partial charge in [-0.15, -0.1) is 0 Å². The third-order valence-corrected chi connectivity index (χ3v) is 6.45. The first-order valence-electron chi connectivity index (χ1n) is 11.7. The van der Waals surface area contributed by atoms with Gasteiger partial charge in [0.15, 0.2) is 0 Å². The molecule has 1 aromatic heterocycles. The minimum Gasteiger partial charge on any atom is -0.337 e. The number of hydrogen-bond acceptors (Lipinski definition) is 4. The van der Waals surface area contributed by atoms with Crippen LogP contribution >= 0.6 is 0 Å². The van der Waals surface area contributed by atoms with Crippen molar-refractivity contribution in [3.8, 4) is 11.8 Å². The Morgan fingerprint density at radius 3 is 2.53 bits per heavy atom. The highest BCUT2D eigenvalue weighted by molar-refractivity contribution is 5.97. The van der Waals surface area contributed by atoms with Gasteiger partial charge in [-0.3, -0.25) is 14.3 Å². The summed E-state index contributed by atoms with van der Waals surface area (Å²) in [5.41, 5.74) is 5.46. The van der Waals surface area contributed by atoms with E-state index >= 15 is 0 Å². The predicted molar refractivity (Wildman–Crippen MR) is 133 cm³/mol. The Morgan fingerprint density at radius 1 is 0.971 bits per heavy atom. The number of nitrogens with zero attached hydrogens (tertiary/aromatic N) is 5. The number of carbonyl (C=O) groups excluding carboxylic acids is 1. The number of para-hydroxylation sites is 1. The second-order valence-corrected chi connectivity index (χ2v) is 8.76. The van der Waals surface area contributed by atoms with Crippen LogP contribution in [0.3, 0.4) is 0 Å². The second kappa shape index (κ2) is 9.50. The van der Waals surface area contributed by atoms with E-state index in [4.69, 9.17) is 10.2 Å². The summed E-state index contributed by atoms with van der Waals surface area (Å²) in [4.78, 5) is 22.4. The van der Waals surface area contributed by atoms with Crippen molar-refractivity contribution >= 4 is 16.9 Å². The van der Waals surface area contributed by atoms with E-state index in [9.17, 15) is 4.79 Å². The monoisotopic (exact) mass is 449 g/mol. The fraction of sp³-hybridized carbons (Fsp3) is 0.250. The Kier molecular flexibility index (Phi) is 6.11. The molecule has 2 heterocycles. The number of imidazole rings is 1. The Labute approximate surface area is 199 Å². The summed E-state index contributed by atoms with van der Waals surface area (Å²) < 4.78 is 2.12. The number of carbonyl (C=O) groups is 1. The number of rotatable bonds is 4. The van der Waals surface area contributed by atoms with Crippen molar-refractivity contribution in [2.45, 2.75) is 19.9 Å². The van der Waals surface area contributed by atoms with Gasteiger partial charge in [-0.25, -0.2) is 4.98 Å². The summed E-state index contributed by atoms with van der Waals surface area (Å²) >= 11 is 0. The molecular weight excluding hydrogens is 422 g/mol. The van der Waals surface area contributed by atoms with Crippen LogP contribution in [0.15, 0.2) is 72.8 Å². The van der Waals surface area contributed by atoms with Crippen molar-refractivity contribution in [1.29, 1.82) is 5.26 Å². The van der Waals surface area contributed by atoms with Gasteiger partial charge >= 0.3 is 0 Å². The summed E-state index contributed by atoms with van der Waals surface area (Å²) in [5, 5.41) is 8.98. The largest absolute Gasteiger partial charge is 0.337 e. The van der Waals surface area contributed by atoms with E-state index in [0.29, 0.717) is 17.7 Å². The SMILES string of the molecule is Cc1nc2cc(C(=O)N3CCCN(Cc4ccc(C#N)cc4)CC3)ccc2n1-c1ccccc1. The molecule has 34 heavy (non-hydrogen) atoms. The summed E-state index contributed by atoms with van der Waals surface area (Å²) in [6.45, 7) is 6.05. The van der Waals surface area contributed by atoms with E-state index < -0.39 is 0 Å². The molecule has 0 atom stereocenters. The van der Waals surface area contributed by atoms with E-state index in [1.165, 1.54) is 5.56 Å². The lowest BCUT2D eigenvalue weighted by Gasteiger charge is -2.22. The van der Waals surface area contributed by atoms with Crippen molar-refractivity contribution in [1.82, 2.24) is 19.4 Å². The van der Waals surface area contributed by atoms with Gasteiger partial charge in [-0.05, 0) is 61.4 Å². The van der Waals surface area contributed by atoms with Crippen LogP contribution in [0.4, 0.5) is 0 Å². The molecule has 1 amide bonds. The molecule has 1 saturated heterocycles. The maximum Gasteiger partial charge on any atom is 0.253 e. The van der Waals surface area contributed by atoms with Crippen LogP contribution in [0.25, 0.3) is 16.7 Å². The average Bonchev–Trinajstić information content (AvgIpc) is 3.03. The molecule has 0 unspecified atom stereocenters. The Hall–Kier alpha value is -3.95. The highest BCUT2D eigenvalue weighted by atomic mass is 16.2. The van der Waals surface area contributed by atoms with Crippen LogP contribution < -0.4 is 0 Å². The van der Waals surface area contributed by atoms with Crippen LogP contribution in [-0.4, -0.2) is 51.4 Å². The lowest BCUT2D eigenvalue weighted by Crippen LogP contribution is -2.35. The Bertz CT molecular complexity index is 1350. The van der Waals surface area contributed by atoms with Gasteiger partial charge in [-0.1, -0.05) is 30.3 Å². The van der Waals surface area contributed by atoms with Crippen molar-refractivity contribution < 1.29 is 4.79 Å². The van der Waals surface area contributed by atoms with E-state index in [0.717, 1.165) is 55.1 Å². The van der Waals surface area contributed by atoms with Crippen molar-refractivity contribution in [2.24, 2.45) is 0 Å². The van der Waals surface area contributed by atoms with Crippen molar-refractivity contribution in [2.75, 3.05) is 26.2 Å². The Balaban J connectivity index is 1.29. The Morgan fingerprint density at radius 2 is 1.76 bits per heavy atom. The molecule has 0 radical (unpaired) electrons. The lowest BCUT2D eigenvalue weighted by molar-refractivity contribution is 0.0761. The number of aromatic nitrogens is 2. The first-order chi connectivity index (χ1) is 16.6. The van der Waals surface area contributed by atoms with Crippen LogP contribution in [0, 0.1) is 18.3 Å². The zero-order valence-electron chi connectivity index (χ0n) is 19.3. The molecule has 1 aliphatic rings. The zero-order chi connectivity index (χ0) is 23.5. The average molecular weight is 450 g/mol. The van der Waals surface area contributed by atoms with Gasteiger partial charge in [0.1, 0.15) is 5.82 Å². The molecule has 3 aromatic carbocycles. The minimum absolute atomic E-state index is 0.0639. The molecule has 1 fully saturated rings. The summed E-state index contributed by atoms with van der Waals surface area (Å²) in [7, 11) is 0. The van der Waals surface area contributed by atoms with Crippen molar-refractivity contribution in [3.05, 3.63) is 95.3 Å². The normalized spacial score (nSPS) is 14.6. The number of nitriles is 1. The molecule has 6 heteroatoms. The molecule has 0 bridgehead atoms. The summed E-state index contributed by atoms with van der Waals surface area (Å²) in [6.07, 6.45) is 0.937. The highest BCUT2D eigenvalue weighted by Gasteiger charge is 2.21. The van der Waals surface area contributed by atoms with Gasteiger partial charge in [0.05, 0.1) is 22.7 Å². The van der Waals surface area contributed by atoms with Gasteiger partial charge in [0.2, 0.25) is 0 Å². The molecule has 1 aliphatic heterocycles. The minimum atomic E-state index is 0.0639. The maximum atomic E-state index is 13.3. The quantitative estimate of drug-likeness (QED) is 0.458. The molecule has 4 aromatic rings. The van der Waals surface area contributed by atoms with Crippen LogP contribution in [0.1, 0.15) is 33.7 Å². The summed E-state index contributed by atoms with van der Waals surface area (Å²) in [5.74, 6) is 0.966. The summed E-state index contributed by atoms with van der Waals surface area (Å²) in [6, 6.07) is 25.9. The van der Waals surface area contributed by atoms with Crippen LogP contribution in [0.2, 0.25) is 0 Å². The topological polar surface area (TPSA) is 65.2 Å². The smallest absolute Gasteiger partial charge is 0.253 e. The van der Waals surface area contributed by atoms with Gasteiger partial charge in [0.25, 0.3) is 5.91 Å². The number of benzene rings is 3. The number of aryl methyl sites for hydroxylation is 1. The van der Waals surface area contributed by atoms with Gasteiger partial charge < -0.3 is 4.90 Å². The number of amides is 1. The molecule has 0 N–H and O–H groups in total. The van der Waals surface area contributed by atoms with Crippen molar-refractivity contribution in [3.63, 3.8) is 0 Å². The van der Waals surface area contributed by atoms with E-state index in [1.807, 2.05) is 72.5 Å². The third-order valence-electron chi connectivity index (χ3n) is 6.45. The first kappa shape index (κ1) is 21.9. The number of fused-ring (bicyclic) bond motifs is 1. The predicted octanol–water partition coefficient (Wildman–Crippen LogP) is 4.55.